The van der Waals surface area contributed by atoms with Crippen LogP contribution in [0.4, 0.5) is 0 Å². The van der Waals surface area contributed by atoms with Crippen molar-refractivity contribution in [2.45, 2.75) is 95.8 Å². The van der Waals surface area contributed by atoms with Gasteiger partial charge in [-0.3, -0.25) is 38.4 Å². The summed E-state index contributed by atoms with van der Waals surface area (Å²) in [5, 5.41) is 53.7. The third-order valence-electron chi connectivity index (χ3n) is 8.75. The summed E-state index contributed by atoms with van der Waals surface area (Å²) < 4.78 is 0. The van der Waals surface area contributed by atoms with Crippen molar-refractivity contribution in [3.8, 4) is 11.1 Å². The van der Waals surface area contributed by atoms with Crippen LogP contribution in [0.1, 0.15) is 62.9 Å². The van der Waals surface area contributed by atoms with Crippen molar-refractivity contribution in [3.05, 3.63) is 59.7 Å². The van der Waals surface area contributed by atoms with Crippen molar-refractivity contribution in [2.24, 2.45) is 11.5 Å². The van der Waals surface area contributed by atoms with E-state index in [1.54, 1.807) is 24.3 Å². The number of hydrogen-bond donors (Lipinski definition) is 13. The molecule has 7 atom stereocenters. The molecule has 0 aliphatic heterocycles. The molecule has 2 aromatic carbocycles. The Morgan fingerprint density at radius 2 is 1.29 bits per heavy atom. The summed E-state index contributed by atoms with van der Waals surface area (Å²) in [5.41, 5.74) is 14.1. The summed E-state index contributed by atoms with van der Waals surface area (Å²) in [6, 6.07) is 8.69. The predicted octanol–water partition coefficient (Wildman–Crippen LogP) is -4.45. The minimum Gasteiger partial charge on any atom is -0.426 e. The number of primary amides is 1. The van der Waals surface area contributed by atoms with Gasteiger partial charge in [-0.05, 0) is 62.4 Å². The highest BCUT2D eigenvalue weighted by molar-refractivity contribution is 6.43. The van der Waals surface area contributed by atoms with E-state index in [0.717, 1.165) is 37.3 Å². The summed E-state index contributed by atoms with van der Waals surface area (Å²) in [4.78, 5) is 100. The Morgan fingerprint density at radius 3 is 1.81 bits per heavy atom. The first-order valence-electron chi connectivity index (χ1n) is 18.8. The van der Waals surface area contributed by atoms with Gasteiger partial charge in [0.1, 0.15) is 24.2 Å². The highest BCUT2D eigenvalue weighted by atomic mass is 16.4. The number of nitrogens with two attached hydrogens (primary N) is 2. The summed E-state index contributed by atoms with van der Waals surface area (Å²) in [7, 11) is -1.97. The molecule has 2 aromatic rings. The molecule has 322 valence electrons. The fourth-order valence-corrected chi connectivity index (χ4v) is 5.20. The van der Waals surface area contributed by atoms with Gasteiger partial charge in [-0.2, -0.15) is 0 Å². The standard InChI is InChI=1S/C37H54BN9O12/c1-5-6-7-22-8-10-23(11-9-22)24-12-14-25(15-13-24)33(53)45-27(18-48)35(55)42-19(2)32(52)41-17-29(51)46-30(20(3)49)36(56)47-31(40)37(57)44-26(16-28(39)50)34(54)43-21(4)38(58)59/h8-15,19-21,26-27,30-31,48-49,58-59H,5-7,16-18,40H2,1-4H3,(H2,39,50)(H,41,52)(H,42,55)(H,43,54)(H,44,57)(H,45,53)(H,46,51)(H,47,56)/t19-,20?,21+,26+,27-,30+,31-/m1/s1. The van der Waals surface area contributed by atoms with Gasteiger partial charge in [-0.1, -0.05) is 49.7 Å². The van der Waals surface area contributed by atoms with Crippen molar-refractivity contribution in [1.29, 1.82) is 0 Å². The van der Waals surface area contributed by atoms with Gasteiger partial charge in [0.25, 0.3) is 11.8 Å². The fraction of sp³-hybridized carbons (Fsp3) is 0.459. The molecule has 22 heteroatoms. The van der Waals surface area contributed by atoms with Gasteiger partial charge in [0, 0.05) is 5.56 Å². The van der Waals surface area contributed by atoms with Crippen molar-refractivity contribution in [2.75, 3.05) is 13.2 Å². The number of rotatable bonds is 23. The zero-order chi connectivity index (χ0) is 44.4. The lowest BCUT2D eigenvalue weighted by atomic mass is 9.81. The third-order valence-corrected chi connectivity index (χ3v) is 8.75. The highest BCUT2D eigenvalue weighted by Crippen LogP contribution is 2.21. The maximum Gasteiger partial charge on any atom is 0.475 e. The van der Waals surface area contributed by atoms with Crippen LogP contribution < -0.4 is 48.7 Å². The van der Waals surface area contributed by atoms with Gasteiger partial charge in [-0.15, -0.1) is 0 Å². The Balaban J connectivity index is 1.90. The number of nitrogens with one attached hydrogen (secondary N) is 7. The van der Waals surface area contributed by atoms with Crippen LogP contribution in [0.25, 0.3) is 11.1 Å². The predicted molar refractivity (Wildman–Crippen MR) is 213 cm³/mol. The monoisotopic (exact) mass is 827 g/mol. The minimum atomic E-state index is -1.97. The molecule has 0 saturated carbocycles. The normalized spacial score (nSPS) is 14.4. The van der Waals surface area contributed by atoms with Gasteiger partial charge in [0.05, 0.1) is 31.6 Å². The lowest BCUT2D eigenvalue weighted by molar-refractivity contribution is -0.136. The second-order valence-corrected chi connectivity index (χ2v) is 13.7. The summed E-state index contributed by atoms with van der Waals surface area (Å²) in [5.74, 6) is -9.05. The first kappa shape index (κ1) is 49.2. The van der Waals surface area contributed by atoms with Crippen LogP contribution in [-0.4, -0.2) is 130 Å². The van der Waals surface area contributed by atoms with Crippen LogP contribution >= 0.6 is 0 Å². The van der Waals surface area contributed by atoms with Gasteiger partial charge in [-0.25, -0.2) is 0 Å². The summed E-state index contributed by atoms with van der Waals surface area (Å²) in [6.45, 7) is 4.18. The van der Waals surface area contributed by atoms with E-state index in [4.69, 9.17) is 11.5 Å². The van der Waals surface area contributed by atoms with E-state index in [9.17, 15) is 58.6 Å². The average molecular weight is 828 g/mol. The molecule has 0 radical (unpaired) electrons. The van der Waals surface area contributed by atoms with Crippen molar-refractivity contribution in [3.63, 3.8) is 0 Å². The van der Waals surface area contributed by atoms with E-state index in [0.29, 0.717) is 0 Å². The summed E-state index contributed by atoms with van der Waals surface area (Å²) >= 11 is 0. The lowest BCUT2D eigenvalue weighted by Gasteiger charge is -2.25. The molecule has 15 N–H and O–H groups in total. The average Bonchev–Trinajstić information content (AvgIpc) is 3.19. The number of aliphatic hydroxyl groups excluding tert-OH is 2. The number of carbonyl (C=O) groups excluding carboxylic acids is 8. The summed E-state index contributed by atoms with van der Waals surface area (Å²) in [6.07, 6.45) is -1.01. The Labute approximate surface area is 341 Å². The molecule has 0 saturated heterocycles. The highest BCUT2D eigenvalue weighted by Gasteiger charge is 2.32. The zero-order valence-corrected chi connectivity index (χ0v) is 33.2. The number of aryl methyl sites for hydroxylation is 1. The number of hydrogen-bond acceptors (Lipinski definition) is 13. The number of amides is 8. The van der Waals surface area contributed by atoms with Crippen molar-refractivity contribution < 1.29 is 58.6 Å². The number of unbranched alkanes of at least 4 members (excludes halogenated alkanes) is 1. The Kier molecular flexibility index (Phi) is 20.1. The maximum absolute atomic E-state index is 12.9. The van der Waals surface area contributed by atoms with E-state index >= 15 is 0 Å². The van der Waals surface area contributed by atoms with Crippen LogP contribution in [0.3, 0.4) is 0 Å². The first-order valence-corrected chi connectivity index (χ1v) is 18.8. The largest absolute Gasteiger partial charge is 0.475 e. The molecule has 8 amide bonds. The lowest BCUT2D eigenvalue weighted by Crippen LogP contribution is -2.62. The molecular weight excluding hydrogens is 773 g/mol. The SMILES string of the molecule is CCCCc1ccc(-c2ccc(C(=O)N[C@H](CO)C(=O)N[C@H](C)C(=O)NCC(=O)N[C@H](C(=O)N[C@@H](N)C(=O)N[C@@H](CC(N)=O)C(=O)N[C@@H](C)B(O)O)C(C)O)cc2)cc1. The van der Waals surface area contributed by atoms with E-state index in [-0.39, 0.29) is 5.56 Å². The van der Waals surface area contributed by atoms with Crippen LogP contribution in [0.5, 0.6) is 0 Å². The molecular formula is C37H54BN9O12. The fourth-order valence-electron chi connectivity index (χ4n) is 5.20. The Bertz CT molecular complexity index is 1780. The van der Waals surface area contributed by atoms with Gasteiger partial charge < -0.3 is 68.9 Å². The zero-order valence-electron chi connectivity index (χ0n) is 33.2. The molecule has 0 aliphatic rings. The quantitative estimate of drug-likeness (QED) is 0.0372. The number of aliphatic hydroxyl groups is 2. The van der Waals surface area contributed by atoms with Gasteiger partial charge >= 0.3 is 7.12 Å². The molecule has 0 heterocycles. The van der Waals surface area contributed by atoms with E-state index in [2.05, 4.69) is 51.0 Å². The molecule has 2 rings (SSSR count). The molecule has 1 unspecified atom stereocenters. The van der Waals surface area contributed by atoms with Gasteiger partial charge in [0.15, 0.2) is 6.17 Å². The first-order chi connectivity index (χ1) is 27.8. The molecule has 0 spiro atoms. The van der Waals surface area contributed by atoms with E-state index < -0.39 is 116 Å². The van der Waals surface area contributed by atoms with Gasteiger partial charge in [0.2, 0.25) is 35.4 Å². The molecule has 0 fully saturated rings. The Hall–Kier alpha value is -5.94. The van der Waals surface area contributed by atoms with Crippen LogP contribution in [0.2, 0.25) is 0 Å². The van der Waals surface area contributed by atoms with Crippen LogP contribution in [0.15, 0.2) is 48.5 Å². The van der Waals surface area contributed by atoms with Crippen LogP contribution in [-0.2, 0) is 40.0 Å². The van der Waals surface area contributed by atoms with E-state index in [1.807, 2.05) is 17.4 Å². The molecule has 0 aromatic heterocycles. The molecule has 0 aliphatic carbocycles. The molecule has 21 nitrogen and oxygen atoms in total. The smallest absolute Gasteiger partial charge is 0.426 e. The number of benzene rings is 2. The topological polar surface area (TPSA) is 354 Å². The second-order valence-electron chi connectivity index (χ2n) is 13.7. The van der Waals surface area contributed by atoms with E-state index in [1.165, 1.54) is 19.4 Å². The molecule has 0 bridgehead atoms. The number of carbonyl (C=O) groups is 8. The van der Waals surface area contributed by atoms with Crippen molar-refractivity contribution in [1.82, 2.24) is 37.2 Å². The maximum atomic E-state index is 12.9. The minimum absolute atomic E-state index is 0.218. The Morgan fingerprint density at radius 1 is 0.712 bits per heavy atom. The third kappa shape index (κ3) is 16.5. The van der Waals surface area contributed by atoms with Crippen LogP contribution in [0, 0.1) is 0 Å². The second kappa shape index (κ2) is 24.1. The molecule has 59 heavy (non-hydrogen) atoms. The van der Waals surface area contributed by atoms with Crippen molar-refractivity contribution >= 4 is 54.4 Å².